The van der Waals surface area contributed by atoms with Crippen molar-refractivity contribution in [2.45, 2.75) is 33.1 Å². The normalized spacial score (nSPS) is 13.7. The van der Waals surface area contributed by atoms with Gasteiger partial charge in [-0.15, -0.1) is 0 Å². The van der Waals surface area contributed by atoms with Crippen LogP contribution >= 0.6 is 0 Å². The summed E-state index contributed by atoms with van der Waals surface area (Å²) in [5.41, 5.74) is 6.18. The van der Waals surface area contributed by atoms with Gasteiger partial charge in [-0.25, -0.2) is 0 Å². The zero-order chi connectivity index (χ0) is 16.9. The van der Waals surface area contributed by atoms with Gasteiger partial charge in [0.1, 0.15) is 0 Å². The quantitative estimate of drug-likeness (QED) is 0.411. The Morgan fingerprint density at radius 2 is 1.38 bits per heavy atom. The van der Waals surface area contributed by atoms with E-state index in [1.165, 1.54) is 16.7 Å². The third-order valence-electron chi connectivity index (χ3n) is 4.81. The van der Waals surface area contributed by atoms with E-state index in [1.54, 1.807) is 16.1 Å². The predicted octanol–water partition coefficient (Wildman–Crippen LogP) is 3.79. The van der Waals surface area contributed by atoms with Crippen LogP contribution in [0.2, 0.25) is 0 Å². The molecule has 0 aliphatic carbocycles. The second-order valence-electron chi connectivity index (χ2n) is 7.59. The standard InChI is InChI=1S/C17H18.C6H5.Sb/c1-13-10-11-15(12-16(13)17(2,3)4)14-8-6-5-7-9-14;1-2-4-6-5-3-1;/h5-8,10-11H,1-4H3;1-5H;. The van der Waals surface area contributed by atoms with E-state index in [1.807, 2.05) is 0 Å². The number of hydrogen-bond acceptors (Lipinski definition) is 0. The Hall–Kier alpha value is -1.52. The molecule has 1 heteroatoms. The van der Waals surface area contributed by atoms with Crippen molar-refractivity contribution < 1.29 is 0 Å². The summed E-state index contributed by atoms with van der Waals surface area (Å²) in [5, 5.41) is 0. The van der Waals surface area contributed by atoms with E-state index in [4.69, 9.17) is 0 Å². The Balaban J connectivity index is 2.09. The van der Waals surface area contributed by atoms with Gasteiger partial charge in [0.2, 0.25) is 0 Å². The van der Waals surface area contributed by atoms with Crippen LogP contribution in [0.3, 0.4) is 0 Å². The number of rotatable bonds is 1. The summed E-state index contributed by atoms with van der Waals surface area (Å²) < 4.78 is 4.89. The fourth-order valence-corrected chi connectivity index (χ4v) is 12.8. The van der Waals surface area contributed by atoms with Crippen LogP contribution in [0.25, 0.3) is 11.1 Å². The van der Waals surface area contributed by atoms with Crippen LogP contribution in [0.4, 0.5) is 0 Å². The summed E-state index contributed by atoms with van der Waals surface area (Å²) in [6.45, 7) is 9.38. The van der Waals surface area contributed by atoms with Gasteiger partial charge >= 0.3 is 153 Å². The van der Waals surface area contributed by atoms with Crippen LogP contribution in [0.5, 0.6) is 0 Å². The van der Waals surface area contributed by atoms with Crippen molar-refractivity contribution in [3.05, 3.63) is 77.9 Å². The molecule has 4 rings (SSSR count). The molecular weight excluding hydrogens is 398 g/mol. The first-order chi connectivity index (χ1) is 11.5. The Morgan fingerprint density at radius 3 is 2.08 bits per heavy atom. The Labute approximate surface area is 152 Å². The molecule has 0 saturated carbocycles. The van der Waals surface area contributed by atoms with Crippen molar-refractivity contribution in [2.75, 3.05) is 0 Å². The van der Waals surface area contributed by atoms with Crippen molar-refractivity contribution >= 4 is 30.7 Å². The van der Waals surface area contributed by atoms with Gasteiger partial charge in [-0.05, 0) is 0 Å². The summed E-state index contributed by atoms with van der Waals surface area (Å²) in [6, 6.07) is 25.0. The zero-order valence-electron chi connectivity index (χ0n) is 14.8. The fourth-order valence-electron chi connectivity index (χ4n) is 3.95. The molecule has 1 heterocycles. The van der Waals surface area contributed by atoms with Crippen LogP contribution in [-0.4, -0.2) is 20.2 Å². The van der Waals surface area contributed by atoms with E-state index < -0.39 is 20.2 Å². The first-order valence-corrected chi connectivity index (χ1v) is 12.4. The van der Waals surface area contributed by atoms with E-state index >= 15 is 0 Å². The zero-order valence-corrected chi connectivity index (χ0v) is 17.4. The molecule has 24 heavy (non-hydrogen) atoms. The summed E-state index contributed by atoms with van der Waals surface area (Å²) in [4.78, 5) is 0. The number of hydrogen-bond donors (Lipinski definition) is 0. The number of fused-ring (bicyclic) bond motifs is 3. The molecule has 0 saturated heterocycles. The average molecular weight is 421 g/mol. The molecule has 0 nitrogen and oxygen atoms in total. The topological polar surface area (TPSA) is 0 Å². The minimum absolute atomic E-state index is 0.175. The molecule has 0 unspecified atom stereocenters. The summed E-state index contributed by atoms with van der Waals surface area (Å²) in [5.74, 6) is 0. The summed E-state index contributed by atoms with van der Waals surface area (Å²) >= 11 is -1.96. The van der Waals surface area contributed by atoms with Gasteiger partial charge in [0.25, 0.3) is 0 Å². The van der Waals surface area contributed by atoms with E-state index in [0.29, 0.717) is 0 Å². The first kappa shape index (κ1) is 16.0. The van der Waals surface area contributed by atoms with Crippen molar-refractivity contribution in [2.24, 2.45) is 0 Å². The molecule has 0 aromatic heterocycles. The third kappa shape index (κ3) is 2.44. The maximum atomic E-state index is 2.38. The van der Waals surface area contributed by atoms with Gasteiger partial charge in [-0.2, -0.15) is 0 Å². The average Bonchev–Trinajstić information content (AvgIpc) is 2.88. The van der Waals surface area contributed by atoms with E-state index in [0.717, 1.165) is 0 Å². The maximum absolute atomic E-state index is 2.38. The molecule has 0 radical (unpaired) electrons. The molecule has 0 amide bonds. The molecule has 3 aromatic carbocycles. The molecule has 0 spiro atoms. The molecule has 0 fully saturated rings. The van der Waals surface area contributed by atoms with Gasteiger partial charge in [-0.1, -0.05) is 0 Å². The van der Waals surface area contributed by atoms with Gasteiger partial charge in [-0.3, -0.25) is 0 Å². The molecular formula is C23H23Sb. The van der Waals surface area contributed by atoms with E-state index in [2.05, 4.69) is 94.4 Å². The first-order valence-electron chi connectivity index (χ1n) is 8.57. The van der Waals surface area contributed by atoms with Crippen LogP contribution in [0, 0.1) is 6.92 Å². The predicted molar refractivity (Wildman–Crippen MR) is 106 cm³/mol. The molecule has 1 aliphatic heterocycles. The van der Waals surface area contributed by atoms with Crippen LogP contribution < -0.4 is 10.5 Å². The van der Waals surface area contributed by atoms with Gasteiger partial charge in [0.15, 0.2) is 0 Å². The second kappa shape index (κ2) is 5.78. The molecule has 3 aromatic rings. The van der Waals surface area contributed by atoms with Crippen LogP contribution in [-0.2, 0) is 5.41 Å². The van der Waals surface area contributed by atoms with E-state index in [-0.39, 0.29) is 5.41 Å². The molecule has 0 bridgehead atoms. The monoisotopic (exact) mass is 420 g/mol. The molecule has 1 aliphatic rings. The molecule has 120 valence electrons. The van der Waals surface area contributed by atoms with Gasteiger partial charge < -0.3 is 0 Å². The number of benzene rings is 3. The van der Waals surface area contributed by atoms with Crippen molar-refractivity contribution in [1.82, 2.24) is 0 Å². The Morgan fingerprint density at radius 1 is 0.708 bits per heavy atom. The SMILES string of the molecule is Cc1ccc2[c](c1C(C)(C)C)[Sb]([c]1ccccc1)[c]1ccccc1-2. The van der Waals surface area contributed by atoms with Crippen LogP contribution in [0.1, 0.15) is 31.9 Å². The number of aryl methyl sites for hydroxylation is 1. The van der Waals surface area contributed by atoms with E-state index in [9.17, 15) is 0 Å². The van der Waals surface area contributed by atoms with Gasteiger partial charge in [0, 0.05) is 0 Å². The molecule has 0 atom stereocenters. The summed E-state index contributed by atoms with van der Waals surface area (Å²) in [6.07, 6.45) is 0. The molecule has 0 N–H and O–H groups in total. The second-order valence-corrected chi connectivity index (χ2v) is 13.6. The Kier molecular flexibility index (Phi) is 3.85. The van der Waals surface area contributed by atoms with Gasteiger partial charge in [0.05, 0.1) is 0 Å². The fraction of sp³-hybridized carbons (Fsp3) is 0.217. The van der Waals surface area contributed by atoms with Crippen molar-refractivity contribution in [3.8, 4) is 11.1 Å². The van der Waals surface area contributed by atoms with Crippen molar-refractivity contribution in [3.63, 3.8) is 0 Å². The van der Waals surface area contributed by atoms with Crippen molar-refractivity contribution in [1.29, 1.82) is 0 Å². The minimum atomic E-state index is -1.96. The third-order valence-corrected chi connectivity index (χ3v) is 12.2. The Bertz CT molecular complexity index is 901. The van der Waals surface area contributed by atoms with Crippen LogP contribution in [0.15, 0.2) is 66.7 Å². The summed E-state index contributed by atoms with van der Waals surface area (Å²) in [7, 11) is 0.